The molecule has 1 aromatic rings. The summed E-state index contributed by atoms with van der Waals surface area (Å²) in [6, 6.07) is 6.72. The predicted octanol–water partition coefficient (Wildman–Crippen LogP) is -0.0416. The SMILES string of the molecule is CNC(=O)c1ccccc1NC(=O)C(CN)OC. The Hall–Kier alpha value is -1.92. The number of hydrogen-bond acceptors (Lipinski definition) is 4. The molecule has 0 aromatic heterocycles. The van der Waals surface area contributed by atoms with Crippen LogP contribution >= 0.6 is 0 Å². The minimum absolute atomic E-state index is 0.0739. The van der Waals surface area contributed by atoms with Gasteiger partial charge in [0.05, 0.1) is 11.3 Å². The first-order valence-corrected chi connectivity index (χ1v) is 5.48. The fraction of sp³-hybridized carbons (Fsp3) is 0.333. The van der Waals surface area contributed by atoms with E-state index in [0.29, 0.717) is 11.3 Å². The van der Waals surface area contributed by atoms with Crippen LogP contribution in [0.2, 0.25) is 0 Å². The number of benzene rings is 1. The minimum Gasteiger partial charge on any atom is -0.370 e. The molecule has 0 bridgehead atoms. The third-order valence-electron chi connectivity index (χ3n) is 2.45. The molecule has 1 atom stereocenters. The number of carbonyl (C=O) groups is 2. The van der Waals surface area contributed by atoms with Gasteiger partial charge in [0, 0.05) is 20.7 Å². The molecule has 0 saturated carbocycles. The second-order valence-corrected chi connectivity index (χ2v) is 3.57. The summed E-state index contributed by atoms with van der Waals surface area (Å²) in [6.45, 7) is 0.0739. The molecule has 0 aliphatic carbocycles. The summed E-state index contributed by atoms with van der Waals surface area (Å²) in [5, 5.41) is 5.13. The van der Waals surface area contributed by atoms with Crippen molar-refractivity contribution in [2.75, 3.05) is 26.0 Å². The molecule has 1 rings (SSSR count). The minimum atomic E-state index is -0.734. The highest BCUT2D eigenvalue weighted by Crippen LogP contribution is 2.15. The molecule has 0 saturated heterocycles. The topological polar surface area (TPSA) is 93.5 Å². The Bertz CT molecular complexity index is 430. The molecule has 6 heteroatoms. The van der Waals surface area contributed by atoms with Gasteiger partial charge in [-0.15, -0.1) is 0 Å². The van der Waals surface area contributed by atoms with Crippen LogP contribution < -0.4 is 16.4 Å². The van der Waals surface area contributed by atoms with E-state index in [1.165, 1.54) is 14.2 Å². The lowest BCUT2D eigenvalue weighted by Gasteiger charge is -2.15. The number of nitrogens with one attached hydrogen (secondary N) is 2. The molecule has 6 nitrogen and oxygen atoms in total. The highest BCUT2D eigenvalue weighted by Gasteiger charge is 2.18. The lowest BCUT2D eigenvalue weighted by molar-refractivity contribution is -0.125. The Balaban J connectivity index is 2.90. The van der Waals surface area contributed by atoms with Crippen LogP contribution in [0.25, 0.3) is 0 Å². The number of methoxy groups -OCH3 is 1. The maximum absolute atomic E-state index is 11.8. The Morgan fingerprint density at radius 1 is 1.39 bits per heavy atom. The van der Waals surface area contributed by atoms with Crippen molar-refractivity contribution in [3.05, 3.63) is 29.8 Å². The second kappa shape index (κ2) is 6.73. The summed E-state index contributed by atoms with van der Waals surface area (Å²) in [4.78, 5) is 23.4. The molecule has 0 aliphatic heterocycles. The standard InChI is InChI=1S/C12H17N3O3/c1-14-11(16)8-5-3-4-6-9(8)15-12(17)10(7-13)18-2/h3-6,10H,7,13H2,1-2H3,(H,14,16)(H,15,17). The van der Waals surface area contributed by atoms with E-state index in [1.54, 1.807) is 24.3 Å². The molecule has 0 fully saturated rings. The van der Waals surface area contributed by atoms with Crippen molar-refractivity contribution in [1.29, 1.82) is 0 Å². The van der Waals surface area contributed by atoms with Gasteiger partial charge < -0.3 is 21.1 Å². The zero-order valence-electron chi connectivity index (χ0n) is 10.4. The summed E-state index contributed by atoms with van der Waals surface area (Å²) >= 11 is 0. The molecule has 18 heavy (non-hydrogen) atoms. The Kier molecular flexibility index (Phi) is 5.29. The first-order valence-electron chi connectivity index (χ1n) is 5.48. The number of rotatable bonds is 5. The van der Waals surface area contributed by atoms with Gasteiger partial charge in [-0.05, 0) is 12.1 Å². The number of ether oxygens (including phenoxy) is 1. The van der Waals surface area contributed by atoms with E-state index < -0.39 is 6.10 Å². The molecule has 0 radical (unpaired) electrons. The van der Waals surface area contributed by atoms with Gasteiger partial charge >= 0.3 is 0 Å². The van der Waals surface area contributed by atoms with Crippen molar-refractivity contribution < 1.29 is 14.3 Å². The van der Waals surface area contributed by atoms with Crippen molar-refractivity contribution in [3.63, 3.8) is 0 Å². The molecule has 2 amide bonds. The van der Waals surface area contributed by atoms with Gasteiger partial charge in [-0.3, -0.25) is 9.59 Å². The average Bonchev–Trinajstić information content (AvgIpc) is 2.40. The van der Waals surface area contributed by atoms with Crippen LogP contribution in [0, 0.1) is 0 Å². The highest BCUT2D eigenvalue weighted by atomic mass is 16.5. The third-order valence-corrected chi connectivity index (χ3v) is 2.45. The molecule has 1 unspecified atom stereocenters. The summed E-state index contributed by atoms with van der Waals surface area (Å²) in [7, 11) is 2.93. The number of anilines is 1. The van der Waals surface area contributed by atoms with E-state index in [0.717, 1.165) is 0 Å². The Morgan fingerprint density at radius 2 is 2.06 bits per heavy atom. The zero-order chi connectivity index (χ0) is 13.5. The van der Waals surface area contributed by atoms with Gasteiger partial charge in [-0.1, -0.05) is 12.1 Å². The number of amides is 2. The lowest BCUT2D eigenvalue weighted by atomic mass is 10.1. The average molecular weight is 251 g/mol. The first-order chi connectivity index (χ1) is 8.63. The summed E-state index contributed by atoms with van der Waals surface area (Å²) in [5.74, 6) is -0.649. The van der Waals surface area contributed by atoms with E-state index in [9.17, 15) is 9.59 Å². The fourth-order valence-electron chi connectivity index (χ4n) is 1.45. The largest absolute Gasteiger partial charge is 0.370 e. The maximum Gasteiger partial charge on any atom is 0.254 e. The lowest BCUT2D eigenvalue weighted by Crippen LogP contribution is -2.36. The van der Waals surface area contributed by atoms with Crippen LogP contribution in [-0.2, 0) is 9.53 Å². The molecule has 0 aliphatic rings. The predicted molar refractivity (Wildman–Crippen MR) is 68.3 cm³/mol. The normalized spacial score (nSPS) is 11.7. The van der Waals surface area contributed by atoms with Crippen LogP contribution in [0.4, 0.5) is 5.69 Å². The third kappa shape index (κ3) is 3.28. The number of carbonyl (C=O) groups excluding carboxylic acids is 2. The van der Waals surface area contributed by atoms with Gasteiger partial charge in [-0.2, -0.15) is 0 Å². The molecular weight excluding hydrogens is 234 g/mol. The summed E-state index contributed by atoms with van der Waals surface area (Å²) in [5.41, 5.74) is 6.21. The summed E-state index contributed by atoms with van der Waals surface area (Å²) in [6.07, 6.45) is -0.734. The van der Waals surface area contributed by atoms with E-state index in [1.807, 2.05) is 0 Å². The van der Waals surface area contributed by atoms with Crippen LogP contribution in [0.15, 0.2) is 24.3 Å². The van der Waals surface area contributed by atoms with Crippen molar-refractivity contribution in [3.8, 4) is 0 Å². The van der Waals surface area contributed by atoms with E-state index in [-0.39, 0.29) is 18.4 Å². The van der Waals surface area contributed by atoms with Gasteiger partial charge in [0.1, 0.15) is 6.10 Å². The highest BCUT2D eigenvalue weighted by molar-refractivity contribution is 6.04. The zero-order valence-corrected chi connectivity index (χ0v) is 10.4. The van der Waals surface area contributed by atoms with Crippen molar-refractivity contribution in [1.82, 2.24) is 5.32 Å². The second-order valence-electron chi connectivity index (χ2n) is 3.57. The van der Waals surface area contributed by atoms with E-state index in [2.05, 4.69) is 10.6 Å². The molecule has 0 spiro atoms. The quantitative estimate of drug-likeness (QED) is 0.684. The molecule has 1 aromatic carbocycles. The van der Waals surface area contributed by atoms with Crippen LogP contribution in [0.3, 0.4) is 0 Å². The van der Waals surface area contributed by atoms with Gasteiger partial charge in [-0.25, -0.2) is 0 Å². The molecule has 98 valence electrons. The van der Waals surface area contributed by atoms with Crippen LogP contribution in [-0.4, -0.2) is 38.6 Å². The summed E-state index contributed by atoms with van der Waals surface area (Å²) < 4.78 is 4.92. The smallest absolute Gasteiger partial charge is 0.254 e. The number of para-hydroxylation sites is 1. The van der Waals surface area contributed by atoms with E-state index >= 15 is 0 Å². The monoisotopic (exact) mass is 251 g/mol. The first kappa shape index (κ1) is 14.1. The van der Waals surface area contributed by atoms with E-state index in [4.69, 9.17) is 10.5 Å². The van der Waals surface area contributed by atoms with Crippen molar-refractivity contribution >= 4 is 17.5 Å². The Morgan fingerprint density at radius 3 is 2.61 bits per heavy atom. The molecular formula is C12H17N3O3. The van der Waals surface area contributed by atoms with Crippen LogP contribution in [0.5, 0.6) is 0 Å². The fourth-order valence-corrected chi connectivity index (χ4v) is 1.45. The maximum atomic E-state index is 11.8. The Labute approximate surface area is 105 Å². The van der Waals surface area contributed by atoms with Crippen molar-refractivity contribution in [2.24, 2.45) is 5.73 Å². The van der Waals surface area contributed by atoms with Gasteiger partial charge in [0.25, 0.3) is 11.8 Å². The van der Waals surface area contributed by atoms with Crippen molar-refractivity contribution in [2.45, 2.75) is 6.10 Å². The van der Waals surface area contributed by atoms with Gasteiger partial charge in [0.2, 0.25) is 0 Å². The number of nitrogens with two attached hydrogens (primary N) is 1. The number of hydrogen-bond donors (Lipinski definition) is 3. The van der Waals surface area contributed by atoms with Crippen LogP contribution in [0.1, 0.15) is 10.4 Å². The van der Waals surface area contributed by atoms with Gasteiger partial charge in [0.15, 0.2) is 0 Å². The molecule has 4 N–H and O–H groups in total. The molecule has 0 heterocycles.